The number of aromatic nitrogens is 4. The van der Waals surface area contributed by atoms with E-state index in [1.54, 1.807) is 16.8 Å². The number of nitrogen functional groups attached to an aromatic ring is 1. The molecule has 0 unspecified atom stereocenters. The van der Waals surface area contributed by atoms with E-state index in [-0.39, 0.29) is 0 Å². The van der Waals surface area contributed by atoms with E-state index < -0.39 is 0 Å². The fourth-order valence-corrected chi connectivity index (χ4v) is 0.918. The lowest BCUT2D eigenvalue weighted by molar-refractivity contribution is 0.876. The molecule has 0 saturated carbocycles. The van der Waals surface area contributed by atoms with E-state index in [1.807, 2.05) is 6.92 Å². The molecular formula is C6H7N5. The molecule has 0 aliphatic heterocycles. The third-order valence-corrected chi connectivity index (χ3v) is 1.44. The van der Waals surface area contributed by atoms with Gasteiger partial charge in [0.25, 0.3) is 0 Å². The van der Waals surface area contributed by atoms with Gasteiger partial charge in [-0.25, -0.2) is 0 Å². The highest BCUT2D eigenvalue weighted by Gasteiger charge is 1.99. The number of aryl methyl sites for hydroxylation is 1. The van der Waals surface area contributed by atoms with Gasteiger partial charge in [0.15, 0.2) is 11.5 Å². The predicted octanol–water partition coefficient (Wildman–Crippen LogP) is 0.0149. The molecule has 5 nitrogen and oxygen atoms in total. The van der Waals surface area contributed by atoms with Gasteiger partial charge in [0.1, 0.15) is 0 Å². The maximum atomic E-state index is 5.49. The van der Waals surface area contributed by atoms with Crippen LogP contribution >= 0.6 is 0 Å². The van der Waals surface area contributed by atoms with E-state index in [0.717, 1.165) is 5.82 Å². The molecule has 2 aromatic rings. The van der Waals surface area contributed by atoms with Crippen LogP contribution in [0.15, 0.2) is 12.3 Å². The number of hydrogen-bond donors (Lipinski definition) is 1. The molecule has 2 heterocycles. The van der Waals surface area contributed by atoms with E-state index in [0.29, 0.717) is 11.3 Å². The van der Waals surface area contributed by atoms with Crippen molar-refractivity contribution >= 4 is 11.3 Å². The average Bonchev–Trinajstić information content (AvgIpc) is 2.32. The van der Waals surface area contributed by atoms with Gasteiger partial charge in [-0.15, -0.1) is 10.2 Å². The summed E-state index contributed by atoms with van der Waals surface area (Å²) < 4.78 is 1.64. The smallest absolute Gasteiger partial charge is 0.179 e. The maximum Gasteiger partial charge on any atom is 0.179 e. The minimum Gasteiger partial charge on any atom is -0.397 e. The molecule has 11 heavy (non-hydrogen) atoms. The summed E-state index contributed by atoms with van der Waals surface area (Å²) in [5, 5.41) is 11.7. The zero-order valence-electron chi connectivity index (χ0n) is 6.02. The Bertz CT molecular complexity index is 391. The maximum absolute atomic E-state index is 5.49. The molecule has 0 aliphatic carbocycles. The molecule has 0 atom stereocenters. The molecule has 0 bridgehead atoms. The number of anilines is 1. The fourth-order valence-electron chi connectivity index (χ4n) is 0.918. The Kier molecular flexibility index (Phi) is 1.06. The summed E-state index contributed by atoms with van der Waals surface area (Å²) in [6, 6.07) is 1.73. The molecule has 0 aromatic carbocycles. The number of nitrogens with zero attached hydrogens (tertiary/aromatic N) is 4. The first-order chi connectivity index (χ1) is 5.27. The highest BCUT2D eigenvalue weighted by atomic mass is 15.4. The standard InChI is InChI=1S/C6H7N5/c1-4-9-10-6-2-5(7)3-8-11(4)6/h2-3H,7H2,1H3. The van der Waals surface area contributed by atoms with Gasteiger partial charge < -0.3 is 5.73 Å². The Morgan fingerprint density at radius 1 is 1.45 bits per heavy atom. The second-order valence-electron chi connectivity index (χ2n) is 2.31. The monoisotopic (exact) mass is 149 g/mol. The minimum absolute atomic E-state index is 0.602. The number of hydrogen-bond acceptors (Lipinski definition) is 4. The zero-order valence-corrected chi connectivity index (χ0v) is 6.02. The van der Waals surface area contributed by atoms with Crippen molar-refractivity contribution in [3.05, 3.63) is 18.1 Å². The molecule has 56 valence electrons. The van der Waals surface area contributed by atoms with Crippen molar-refractivity contribution in [1.29, 1.82) is 0 Å². The first-order valence-electron chi connectivity index (χ1n) is 3.21. The molecular weight excluding hydrogens is 142 g/mol. The lowest BCUT2D eigenvalue weighted by Crippen LogP contribution is -1.95. The fraction of sp³-hybridized carbons (Fsp3) is 0.167. The molecule has 0 spiro atoms. The summed E-state index contributed by atoms with van der Waals surface area (Å²) in [5.41, 5.74) is 6.77. The van der Waals surface area contributed by atoms with Gasteiger partial charge >= 0.3 is 0 Å². The lowest BCUT2D eigenvalue weighted by Gasteiger charge is -1.92. The Hall–Kier alpha value is -1.65. The van der Waals surface area contributed by atoms with Crippen molar-refractivity contribution in [1.82, 2.24) is 19.8 Å². The SMILES string of the molecule is Cc1nnc2cc(N)cnn12. The van der Waals surface area contributed by atoms with Crippen LogP contribution in [-0.2, 0) is 0 Å². The summed E-state index contributed by atoms with van der Waals surface area (Å²) in [4.78, 5) is 0. The second kappa shape index (κ2) is 1.91. The molecule has 2 N–H and O–H groups in total. The lowest BCUT2D eigenvalue weighted by atomic mass is 10.5. The summed E-state index contributed by atoms with van der Waals surface area (Å²) >= 11 is 0. The van der Waals surface area contributed by atoms with Crippen LogP contribution in [0.5, 0.6) is 0 Å². The van der Waals surface area contributed by atoms with Crippen LogP contribution in [0.3, 0.4) is 0 Å². The highest BCUT2D eigenvalue weighted by molar-refractivity contribution is 5.48. The van der Waals surface area contributed by atoms with Crippen molar-refractivity contribution in [2.24, 2.45) is 0 Å². The molecule has 2 rings (SSSR count). The van der Waals surface area contributed by atoms with Crippen LogP contribution < -0.4 is 5.73 Å². The number of fused-ring (bicyclic) bond motifs is 1. The summed E-state index contributed by atoms with van der Waals surface area (Å²) in [5.74, 6) is 0.764. The minimum atomic E-state index is 0.602. The van der Waals surface area contributed by atoms with Gasteiger partial charge in [-0.2, -0.15) is 9.61 Å². The summed E-state index contributed by atoms with van der Waals surface area (Å²) in [7, 11) is 0. The third kappa shape index (κ3) is 0.813. The molecule has 0 aliphatic rings. The van der Waals surface area contributed by atoms with Crippen molar-refractivity contribution in [2.45, 2.75) is 6.92 Å². The van der Waals surface area contributed by atoms with Crippen LogP contribution in [0, 0.1) is 6.92 Å². The van der Waals surface area contributed by atoms with Gasteiger partial charge in [0.2, 0.25) is 0 Å². The van der Waals surface area contributed by atoms with E-state index in [2.05, 4.69) is 15.3 Å². The van der Waals surface area contributed by atoms with E-state index in [9.17, 15) is 0 Å². The van der Waals surface area contributed by atoms with Crippen LogP contribution in [0.1, 0.15) is 5.82 Å². The van der Waals surface area contributed by atoms with Gasteiger partial charge in [0, 0.05) is 6.07 Å². The zero-order chi connectivity index (χ0) is 7.84. The average molecular weight is 149 g/mol. The molecule has 0 radical (unpaired) electrons. The van der Waals surface area contributed by atoms with Crippen molar-refractivity contribution in [3.8, 4) is 0 Å². The van der Waals surface area contributed by atoms with Crippen LogP contribution in [0.25, 0.3) is 5.65 Å². The number of rotatable bonds is 0. The molecule has 5 heteroatoms. The van der Waals surface area contributed by atoms with Crippen LogP contribution in [0.2, 0.25) is 0 Å². The molecule has 0 fully saturated rings. The molecule has 0 saturated heterocycles. The largest absolute Gasteiger partial charge is 0.397 e. The third-order valence-electron chi connectivity index (χ3n) is 1.44. The Morgan fingerprint density at radius 2 is 2.27 bits per heavy atom. The van der Waals surface area contributed by atoms with Crippen LogP contribution in [-0.4, -0.2) is 19.8 Å². The van der Waals surface area contributed by atoms with Gasteiger partial charge in [-0.05, 0) is 6.92 Å². The topological polar surface area (TPSA) is 69.1 Å². The van der Waals surface area contributed by atoms with Crippen molar-refractivity contribution in [2.75, 3.05) is 5.73 Å². The summed E-state index contributed by atoms with van der Waals surface area (Å²) in [6.45, 7) is 1.84. The summed E-state index contributed by atoms with van der Waals surface area (Å²) in [6.07, 6.45) is 1.57. The van der Waals surface area contributed by atoms with Crippen molar-refractivity contribution < 1.29 is 0 Å². The van der Waals surface area contributed by atoms with E-state index in [1.165, 1.54) is 0 Å². The predicted molar refractivity (Wildman–Crippen MR) is 39.9 cm³/mol. The van der Waals surface area contributed by atoms with Crippen LogP contribution in [0.4, 0.5) is 5.69 Å². The first kappa shape index (κ1) is 6.09. The quantitative estimate of drug-likeness (QED) is 0.573. The normalized spacial score (nSPS) is 10.6. The van der Waals surface area contributed by atoms with Gasteiger partial charge in [-0.1, -0.05) is 0 Å². The Morgan fingerprint density at radius 3 is 3.09 bits per heavy atom. The Labute approximate surface area is 62.9 Å². The molecule has 0 amide bonds. The number of nitrogens with two attached hydrogens (primary N) is 1. The highest BCUT2D eigenvalue weighted by Crippen LogP contribution is 2.04. The van der Waals surface area contributed by atoms with E-state index >= 15 is 0 Å². The Balaban J connectivity index is 2.86. The van der Waals surface area contributed by atoms with Crippen molar-refractivity contribution in [3.63, 3.8) is 0 Å². The molecule has 2 aromatic heterocycles. The second-order valence-corrected chi connectivity index (χ2v) is 2.31. The van der Waals surface area contributed by atoms with Gasteiger partial charge in [-0.3, -0.25) is 0 Å². The van der Waals surface area contributed by atoms with E-state index in [4.69, 9.17) is 5.73 Å². The first-order valence-corrected chi connectivity index (χ1v) is 3.21. The van der Waals surface area contributed by atoms with Gasteiger partial charge in [0.05, 0.1) is 11.9 Å².